The number of benzene rings is 2. The van der Waals surface area contributed by atoms with Crippen LogP contribution >= 0.6 is 23.2 Å². The molecule has 0 aromatic heterocycles. The van der Waals surface area contributed by atoms with Gasteiger partial charge in [-0.25, -0.2) is 8.42 Å². The number of carbonyl (C=O) groups excluding carboxylic acids is 2. The Morgan fingerprint density at radius 2 is 1.70 bits per heavy atom. The molecule has 1 saturated carbocycles. The van der Waals surface area contributed by atoms with E-state index in [0.29, 0.717) is 34.1 Å². The van der Waals surface area contributed by atoms with Gasteiger partial charge in [-0.3, -0.25) is 13.9 Å². The van der Waals surface area contributed by atoms with Crippen LogP contribution in [-0.4, -0.2) is 50.0 Å². The van der Waals surface area contributed by atoms with Crippen molar-refractivity contribution >= 4 is 50.7 Å². The molecule has 2 amide bonds. The van der Waals surface area contributed by atoms with Gasteiger partial charge in [0.1, 0.15) is 6.04 Å². The van der Waals surface area contributed by atoms with Crippen LogP contribution in [0.5, 0.6) is 0 Å². The van der Waals surface area contributed by atoms with E-state index in [2.05, 4.69) is 5.32 Å². The first-order valence-electron chi connectivity index (χ1n) is 14.1. The van der Waals surface area contributed by atoms with Crippen LogP contribution in [0.3, 0.4) is 0 Å². The predicted octanol–water partition coefficient (Wildman–Crippen LogP) is 6.36. The predicted molar refractivity (Wildman–Crippen MR) is 163 cm³/mol. The fraction of sp³-hybridized carbons (Fsp3) is 0.533. The third kappa shape index (κ3) is 9.11. The highest BCUT2D eigenvalue weighted by molar-refractivity contribution is 7.92. The molecule has 3 rings (SSSR count). The zero-order valence-corrected chi connectivity index (χ0v) is 26.0. The highest BCUT2D eigenvalue weighted by Crippen LogP contribution is 2.25. The van der Waals surface area contributed by atoms with Crippen molar-refractivity contribution in [3.05, 3.63) is 63.6 Å². The minimum absolute atomic E-state index is 0.0808. The molecule has 1 fully saturated rings. The zero-order chi connectivity index (χ0) is 29.3. The number of amides is 2. The van der Waals surface area contributed by atoms with Gasteiger partial charge >= 0.3 is 0 Å². The number of hydrogen-bond acceptors (Lipinski definition) is 4. The number of halogens is 2. The SMILES string of the molecule is CCc1ccc(N(CCCC(=O)N(Cc2ccc(Cl)cc2Cl)[C@@H](CC)C(=O)NC2CCCCC2)S(C)(=O)=O)cc1. The Hall–Kier alpha value is -2.29. The van der Waals surface area contributed by atoms with E-state index in [4.69, 9.17) is 23.2 Å². The van der Waals surface area contributed by atoms with Crippen LogP contribution in [0.4, 0.5) is 5.69 Å². The number of anilines is 1. The monoisotopic (exact) mass is 609 g/mol. The normalized spacial score (nSPS) is 14.9. The van der Waals surface area contributed by atoms with Crippen molar-refractivity contribution in [2.75, 3.05) is 17.1 Å². The first kappa shape index (κ1) is 32.2. The highest BCUT2D eigenvalue weighted by atomic mass is 35.5. The smallest absolute Gasteiger partial charge is 0.243 e. The molecule has 0 heterocycles. The molecule has 1 aliphatic carbocycles. The fourth-order valence-electron chi connectivity index (χ4n) is 5.20. The van der Waals surface area contributed by atoms with Gasteiger partial charge in [0.2, 0.25) is 21.8 Å². The van der Waals surface area contributed by atoms with Gasteiger partial charge in [0, 0.05) is 35.6 Å². The van der Waals surface area contributed by atoms with E-state index in [9.17, 15) is 18.0 Å². The zero-order valence-electron chi connectivity index (χ0n) is 23.7. The number of nitrogens with zero attached hydrogens (tertiary/aromatic N) is 2. The number of carbonyl (C=O) groups is 2. The molecule has 2 aromatic carbocycles. The number of sulfonamides is 1. The summed E-state index contributed by atoms with van der Waals surface area (Å²) in [6.45, 7) is 4.23. The highest BCUT2D eigenvalue weighted by Gasteiger charge is 2.31. The first-order chi connectivity index (χ1) is 19.0. The summed E-state index contributed by atoms with van der Waals surface area (Å²) in [4.78, 5) is 28.7. The number of aryl methyl sites for hydroxylation is 1. The van der Waals surface area contributed by atoms with Crippen LogP contribution in [0.2, 0.25) is 10.0 Å². The van der Waals surface area contributed by atoms with Crippen LogP contribution in [0.25, 0.3) is 0 Å². The van der Waals surface area contributed by atoms with Gasteiger partial charge in [0.05, 0.1) is 11.9 Å². The van der Waals surface area contributed by atoms with Gasteiger partial charge in [0.25, 0.3) is 0 Å². The van der Waals surface area contributed by atoms with Crippen molar-refractivity contribution in [2.24, 2.45) is 0 Å². The van der Waals surface area contributed by atoms with Gasteiger partial charge in [-0.1, -0.05) is 74.5 Å². The molecule has 2 aromatic rings. The molecule has 0 bridgehead atoms. The van der Waals surface area contributed by atoms with Gasteiger partial charge in [-0.2, -0.15) is 0 Å². The van der Waals surface area contributed by atoms with Crippen molar-refractivity contribution in [3.63, 3.8) is 0 Å². The number of nitrogens with one attached hydrogen (secondary N) is 1. The minimum atomic E-state index is -3.55. The summed E-state index contributed by atoms with van der Waals surface area (Å²) in [5.74, 6) is -0.395. The first-order valence-corrected chi connectivity index (χ1v) is 16.7. The van der Waals surface area contributed by atoms with Gasteiger partial charge < -0.3 is 10.2 Å². The van der Waals surface area contributed by atoms with Crippen LogP contribution in [-0.2, 0) is 32.6 Å². The standard InChI is InChI=1S/C30H41Cl2N3O4S/c1-4-22-13-17-26(18-14-22)35(40(3,38)39)19-9-12-29(36)34(21-23-15-16-24(31)20-27(23)32)28(5-2)30(37)33-25-10-7-6-8-11-25/h13-18,20,25,28H,4-12,19,21H2,1-3H3,(H,33,37)/t28-/m0/s1. The molecule has 40 heavy (non-hydrogen) atoms. The van der Waals surface area contributed by atoms with E-state index in [-0.39, 0.29) is 37.4 Å². The van der Waals surface area contributed by atoms with Crippen LogP contribution in [0.15, 0.2) is 42.5 Å². The second kappa shape index (κ2) is 15.1. The lowest BCUT2D eigenvalue weighted by molar-refractivity contribution is -0.141. The Morgan fingerprint density at radius 1 is 1.02 bits per heavy atom. The molecule has 7 nitrogen and oxygen atoms in total. The lowest BCUT2D eigenvalue weighted by Gasteiger charge is -2.33. The van der Waals surface area contributed by atoms with E-state index in [0.717, 1.165) is 37.7 Å². The van der Waals surface area contributed by atoms with Gasteiger partial charge in [-0.05, 0) is 67.5 Å². The Morgan fingerprint density at radius 3 is 2.27 bits per heavy atom. The fourth-order valence-corrected chi connectivity index (χ4v) is 6.63. The maximum atomic E-state index is 13.7. The molecule has 0 radical (unpaired) electrons. The van der Waals surface area contributed by atoms with E-state index < -0.39 is 16.1 Å². The van der Waals surface area contributed by atoms with Crippen molar-refractivity contribution in [2.45, 2.75) is 90.3 Å². The van der Waals surface area contributed by atoms with Crippen molar-refractivity contribution < 1.29 is 18.0 Å². The quantitative estimate of drug-likeness (QED) is 0.286. The Kier molecular flexibility index (Phi) is 12.2. The molecule has 1 N–H and O–H groups in total. The summed E-state index contributed by atoms with van der Waals surface area (Å²) < 4.78 is 26.5. The molecular weight excluding hydrogens is 569 g/mol. The molecule has 10 heteroatoms. The largest absolute Gasteiger partial charge is 0.352 e. The van der Waals surface area contributed by atoms with Crippen LogP contribution in [0, 0.1) is 0 Å². The average Bonchev–Trinajstić information content (AvgIpc) is 2.92. The van der Waals surface area contributed by atoms with Gasteiger partial charge in [0.15, 0.2) is 0 Å². The summed E-state index contributed by atoms with van der Waals surface area (Å²) in [6.07, 6.45) is 8.08. The van der Waals surface area contributed by atoms with Crippen molar-refractivity contribution in [1.82, 2.24) is 10.2 Å². The number of hydrogen-bond donors (Lipinski definition) is 1. The van der Waals surface area contributed by atoms with Crippen LogP contribution < -0.4 is 9.62 Å². The van der Waals surface area contributed by atoms with E-state index in [1.54, 1.807) is 35.2 Å². The van der Waals surface area contributed by atoms with E-state index in [1.165, 1.54) is 17.0 Å². The van der Waals surface area contributed by atoms with Crippen LogP contribution in [0.1, 0.15) is 76.3 Å². The maximum Gasteiger partial charge on any atom is 0.243 e. The van der Waals surface area contributed by atoms with Gasteiger partial charge in [-0.15, -0.1) is 0 Å². The second-order valence-corrected chi connectivity index (χ2v) is 13.2. The minimum Gasteiger partial charge on any atom is -0.352 e. The summed E-state index contributed by atoms with van der Waals surface area (Å²) in [5, 5.41) is 4.08. The molecule has 0 aliphatic heterocycles. The van der Waals surface area contributed by atoms with Crippen molar-refractivity contribution in [3.8, 4) is 0 Å². The Labute approximate surface area is 249 Å². The van der Waals surface area contributed by atoms with E-state index >= 15 is 0 Å². The lowest BCUT2D eigenvalue weighted by atomic mass is 9.95. The molecular formula is C30H41Cl2N3O4S. The maximum absolute atomic E-state index is 13.7. The Bertz CT molecular complexity index is 1250. The third-order valence-electron chi connectivity index (χ3n) is 7.48. The molecule has 1 aliphatic rings. The Balaban J connectivity index is 1.78. The molecule has 220 valence electrons. The lowest BCUT2D eigenvalue weighted by Crippen LogP contribution is -2.51. The molecule has 0 unspecified atom stereocenters. The third-order valence-corrected chi connectivity index (χ3v) is 9.26. The van der Waals surface area contributed by atoms with Crippen molar-refractivity contribution in [1.29, 1.82) is 0 Å². The summed E-state index contributed by atoms with van der Waals surface area (Å²) >= 11 is 12.5. The summed E-state index contributed by atoms with van der Waals surface area (Å²) in [7, 11) is -3.55. The molecule has 0 spiro atoms. The second-order valence-electron chi connectivity index (χ2n) is 10.5. The average molecular weight is 611 g/mol. The van der Waals surface area contributed by atoms with E-state index in [1.807, 2.05) is 26.0 Å². The summed E-state index contributed by atoms with van der Waals surface area (Å²) in [6, 6.07) is 11.9. The molecule has 1 atom stereocenters. The summed E-state index contributed by atoms with van der Waals surface area (Å²) in [5.41, 5.74) is 2.37. The topological polar surface area (TPSA) is 86.8 Å². The molecule has 0 saturated heterocycles. The number of rotatable bonds is 13.